The third-order valence-corrected chi connectivity index (χ3v) is 2.90. The van der Waals surface area contributed by atoms with Gasteiger partial charge in [-0.1, -0.05) is 11.6 Å². The molecule has 3 N–H and O–H groups in total. The van der Waals surface area contributed by atoms with Gasteiger partial charge in [0.1, 0.15) is 16.8 Å². The molecule has 2 heterocycles. The Bertz CT molecular complexity index is 585. The number of carbonyl (C=O) groups excluding carboxylic acids is 1. The highest BCUT2D eigenvalue weighted by Gasteiger charge is 2.10. The maximum absolute atomic E-state index is 12.0. The van der Waals surface area contributed by atoms with E-state index in [-0.39, 0.29) is 16.9 Å². The number of carbonyl (C=O) groups is 1. The smallest absolute Gasteiger partial charge is 0.257 e. The molecular weight excluding hydrogens is 320 g/mol. The summed E-state index contributed by atoms with van der Waals surface area (Å²) in [6, 6.07) is 6.40. The Morgan fingerprint density at radius 3 is 2.89 bits per heavy atom. The van der Waals surface area contributed by atoms with E-state index in [4.69, 9.17) is 17.3 Å². The van der Waals surface area contributed by atoms with Gasteiger partial charge >= 0.3 is 0 Å². The predicted octanol–water partition coefficient (Wildman–Crippen LogP) is 2.73. The molecule has 5 nitrogen and oxygen atoms in total. The zero-order valence-corrected chi connectivity index (χ0v) is 11.4. The number of rotatable bonds is 2. The molecule has 0 unspecified atom stereocenters. The molecule has 7 heteroatoms. The molecule has 2 aromatic heterocycles. The summed E-state index contributed by atoms with van der Waals surface area (Å²) in [5.74, 6) is 0.257. The number of anilines is 2. The van der Waals surface area contributed by atoms with Gasteiger partial charge in [-0.3, -0.25) is 4.79 Å². The van der Waals surface area contributed by atoms with E-state index in [1.54, 1.807) is 18.3 Å². The number of hydrogen-bond donors (Lipinski definition) is 2. The summed E-state index contributed by atoms with van der Waals surface area (Å²) in [6.07, 6.45) is 1.58. The van der Waals surface area contributed by atoms with Crippen LogP contribution in [0.5, 0.6) is 0 Å². The molecule has 0 atom stereocenters. The number of nitrogens with one attached hydrogen (secondary N) is 1. The van der Waals surface area contributed by atoms with Crippen molar-refractivity contribution in [3.63, 3.8) is 0 Å². The fourth-order valence-electron chi connectivity index (χ4n) is 1.31. The number of halogens is 2. The minimum atomic E-state index is -0.356. The second kappa shape index (κ2) is 5.32. The second-order valence-corrected chi connectivity index (χ2v) is 4.63. The molecule has 0 aliphatic rings. The third-order valence-electron chi connectivity index (χ3n) is 2.07. The van der Waals surface area contributed by atoms with Crippen molar-refractivity contribution in [2.75, 3.05) is 11.1 Å². The van der Waals surface area contributed by atoms with E-state index < -0.39 is 0 Å². The summed E-state index contributed by atoms with van der Waals surface area (Å²) < 4.78 is 0.687. The van der Waals surface area contributed by atoms with Crippen LogP contribution in [0.3, 0.4) is 0 Å². The van der Waals surface area contributed by atoms with Gasteiger partial charge in [0.2, 0.25) is 0 Å². The fraction of sp³-hybridized carbons (Fsp3) is 0. The average molecular weight is 328 g/mol. The summed E-state index contributed by atoms with van der Waals surface area (Å²) in [4.78, 5) is 19.8. The summed E-state index contributed by atoms with van der Waals surface area (Å²) >= 11 is 9.02. The van der Waals surface area contributed by atoms with Crippen LogP contribution in [0, 0.1) is 0 Å². The molecule has 0 saturated heterocycles. The molecule has 0 aromatic carbocycles. The van der Waals surface area contributed by atoms with Crippen LogP contribution in [0.15, 0.2) is 34.9 Å². The second-order valence-electron chi connectivity index (χ2n) is 3.39. The van der Waals surface area contributed by atoms with E-state index in [2.05, 4.69) is 31.2 Å². The van der Waals surface area contributed by atoms with Crippen molar-refractivity contribution in [1.82, 2.24) is 9.97 Å². The monoisotopic (exact) mass is 326 g/mol. The van der Waals surface area contributed by atoms with Crippen molar-refractivity contribution in [3.8, 4) is 0 Å². The van der Waals surface area contributed by atoms with Gasteiger partial charge in [-0.05, 0) is 40.2 Å². The van der Waals surface area contributed by atoms with Crippen LogP contribution in [-0.2, 0) is 0 Å². The van der Waals surface area contributed by atoms with Crippen molar-refractivity contribution in [3.05, 3.63) is 45.7 Å². The molecule has 2 rings (SSSR count). The van der Waals surface area contributed by atoms with Gasteiger partial charge in [0.05, 0.1) is 4.47 Å². The lowest BCUT2D eigenvalue weighted by Gasteiger charge is -2.06. The lowest BCUT2D eigenvalue weighted by atomic mass is 10.2. The zero-order valence-electron chi connectivity index (χ0n) is 9.02. The molecular formula is C11H8BrClN4O. The van der Waals surface area contributed by atoms with Crippen LogP contribution in [0.25, 0.3) is 0 Å². The number of amides is 1. The normalized spacial score (nSPS) is 10.1. The minimum Gasteiger partial charge on any atom is -0.384 e. The van der Waals surface area contributed by atoms with Crippen molar-refractivity contribution in [1.29, 1.82) is 0 Å². The number of nitrogen functional groups attached to an aromatic ring is 1. The Balaban J connectivity index is 2.25. The standard InChI is InChI=1S/C11H8BrClN4O/c12-7-2-1-3-15-10(7)17-11(18)6-4-8(13)16-9(14)5-6/h1-5H,(H2,14,16)(H,15,17,18). The molecule has 18 heavy (non-hydrogen) atoms. The topological polar surface area (TPSA) is 80.9 Å². The largest absolute Gasteiger partial charge is 0.384 e. The van der Waals surface area contributed by atoms with E-state index in [9.17, 15) is 4.79 Å². The molecule has 0 saturated carbocycles. The zero-order chi connectivity index (χ0) is 13.1. The lowest BCUT2D eigenvalue weighted by Crippen LogP contribution is -2.14. The summed E-state index contributed by atoms with van der Waals surface area (Å²) in [7, 11) is 0. The maximum Gasteiger partial charge on any atom is 0.257 e. The molecule has 2 aromatic rings. The molecule has 0 fully saturated rings. The molecule has 0 bridgehead atoms. The van der Waals surface area contributed by atoms with Crippen molar-refractivity contribution < 1.29 is 4.79 Å². The van der Waals surface area contributed by atoms with Crippen molar-refractivity contribution >= 4 is 45.1 Å². The van der Waals surface area contributed by atoms with E-state index in [0.29, 0.717) is 15.9 Å². The summed E-state index contributed by atoms with van der Waals surface area (Å²) in [5.41, 5.74) is 5.84. The Labute approximate surface area is 117 Å². The highest BCUT2D eigenvalue weighted by atomic mass is 79.9. The first-order valence-corrected chi connectivity index (χ1v) is 6.08. The van der Waals surface area contributed by atoms with Gasteiger partial charge in [0.25, 0.3) is 5.91 Å². The van der Waals surface area contributed by atoms with Gasteiger partial charge in [0, 0.05) is 11.8 Å². The SMILES string of the molecule is Nc1cc(C(=O)Nc2ncccc2Br)cc(Cl)n1. The van der Waals surface area contributed by atoms with Crippen LogP contribution >= 0.6 is 27.5 Å². The van der Waals surface area contributed by atoms with E-state index in [1.807, 2.05) is 0 Å². The minimum absolute atomic E-state index is 0.167. The summed E-state index contributed by atoms with van der Waals surface area (Å²) in [5, 5.41) is 2.81. The third kappa shape index (κ3) is 2.96. The highest BCUT2D eigenvalue weighted by molar-refractivity contribution is 9.10. The maximum atomic E-state index is 12.0. The molecule has 0 radical (unpaired) electrons. The van der Waals surface area contributed by atoms with Crippen LogP contribution in [-0.4, -0.2) is 15.9 Å². The number of nitrogens with two attached hydrogens (primary N) is 1. The van der Waals surface area contributed by atoms with Crippen LogP contribution in [0.1, 0.15) is 10.4 Å². The Morgan fingerprint density at radius 1 is 1.44 bits per heavy atom. The van der Waals surface area contributed by atoms with Gasteiger partial charge in [-0.25, -0.2) is 9.97 Å². The molecule has 92 valence electrons. The predicted molar refractivity (Wildman–Crippen MR) is 73.5 cm³/mol. The Kier molecular flexibility index (Phi) is 3.78. The van der Waals surface area contributed by atoms with Gasteiger partial charge < -0.3 is 11.1 Å². The van der Waals surface area contributed by atoms with Crippen LogP contribution < -0.4 is 11.1 Å². The number of pyridine rings is 2. The highest BCUT2D eigenvalue weighted by Crippen LogP contribution is 2.20. The van der Waals surface area contributed by atoms with Gasteiger partial charge in [-0.15, -0.1) is 0 Å². The first kappa shape index (κ1) is 12.8. The quantitative estimate of drug-likeness (QED) is 0.831. The van der Waals surface area contributed by atoms with E-state index in [0.717, 1.165) is 0 Å². The number of nitrogens with zero attached hydrogens (tertiary/aromatic N) is 2. The first-order valence-electron chi connectivity index (χ1n) is 4.91. The molecule has 0 spiro atoms. The van der Waals surface area contributed by atoms with Gasteiger partial charge in [-0.2, -0.15) is 0 Å². The fourth-order valence-corrected chi connectivity index (χ4v) is 1.87. The molecule has 1 amide bonds. The number of hydrogen-bond acceptors (Lipinski definition) is 4. The molecule has 0 aliphatic carbocycles. The van der Waals surface area contributed by atoms with Crippen molar-refractivity contribution in [2.24, 2.45) is 0 Å². The number of aromatic nitrogens is 2. The van der Waals surface area contributed by atoms with Crippen LogP contribution in [0.4, 0.5) is 11.6 Å². The van der Waals surface area contributed by atoms with E-state index >= 15 is 0 Å². The lowest BCUT2D eigenvalue weighted by molar-refractivity contribution is 0.102. The summed E-state index contributed by atoms with van der Waals surface area (Å²) in [6.45, 7) is 0. The molecule has 0 aliphatic heterocycles. The Morgan fingerprint density at radius 2 is 2.22 bits per heavy atom. The Hall–Kier alpha value is -1.66. The first-order chi connectivity index (χ1) is 8.56. The van der Waals surface area contributed by atoms with Crippen molar-refractivity contribution in [2.45, 2.75) is 0 Å². The van der Waals surface area contributed by atoms with Gasteiger partial charge in [0.15, 0.2) is 0 Å². The van der Waals surface area contributed by atoms with Crippen LogP contribution in [0.2, 0.25) is 5.15 Å². The average Bonchev–Trinajstić information content (AvgIpc) is 2.31. The van der Waals surface area contributed by atoms with E-state index in [1.165, 1.54) is 12.1 Å².